The minimum atomic E-state index is -1.03. The number of methoxy groups -OCH3 is 1. The lowest BCUT2D eigenvalue weighted by Crippen LogP contribution is -1.99. The summed E-state index contributed by atoms with van der Waals surface area (Å²) in [5, 5.41) is 13.1. The smallest absolute Gasteiger partial charge is 0.335 e. The minimum absolute atomic E-state index is 0.120. The van der Waals surface area contributed by atoms with Crippen molar-refractivity contribution in [1.29, 1.82) is 0 Å². The van der Waals surface area contributed by atoms with E-state index in [1.807, 2.05) is 0 Å². The highest BCUT2D eigenvalue weighted by Crippen LogP contribution is 2.32. The molecule has 1 N–H and O–H groups in total. The number of aromatic nitrogens is 3. The van der Waals surface area contributed by atoms with Gasteiger partial charge in [-0.05, 0) is 24.3 Å². The van der Waals surface area contributed by atoms with Crippen LogP contribution in [0.15, 0.2) is 42.9 Å². The zero-order valence-electron chi connectivity index (χ0n) is 11.1. The van der Waals surface area contributed by atoms with E-state index in [1.54, 1.807) is 29.2 Å². The maximum absolute atomic E-state index is 11.0. The number of hydrogen-bond acceptors (Lipinski definition) is 5. The molecule has 0 aliphatic heterocycles. The Kier molecular flexibility index (Phi) is 3.15. The van der Waals surface area contributed by atoms with Crippen molar-refractivity contribution < 1.29 is 19.4 Å². The van der Waals surface area contributed by atoms with Crippen molar-refractivity contribution in [3.63, 3.8) is 0 Å². The molecular weight excluding hydrogens is 274 g/mol. The van der Waals surface area contributed by atoms with Crippen molar-refractivity contribution in [2.45, 2.75) is 0 Å². The maximum atomic E-state index is 11.0. The van der Waals surface area contributed by atoms with E-state index in [9.17, 15) is 4.79 Å². The normalized spacial score (nSPS) is 10.5. The monoisotopic (exact) mass is 285 g/mol. The Morgan fingerprint density at radius 3 is 2.86 bits per heavy atom. The van der Waals surface area contributed by atoms with Gasteiger partial charge in [-0.15, -0.1) is 0 Å². The van der Waals surface area contributed by atoms with E-state index < -0.39 is 5.97 Å². The first-order chi connectivity index (χ1) is 10.2. The Morgan fingerprint density at radius 1 is 1.24 bits per heavy atom. The molecule has 106 valence electrons. The topological polar surface area (TPSA) is 86.0 Å². The molecule has 3 aromatic rings. The third-order valence-electron chi connectivity index (χ3n) is 2.91. The number of aromatic carboxylic acids is 1. The Hall–Kier alpha value is -3.09. The summed E-state index contributed by atoms with van der Waals surface area (Å²) in [6.45, 7) is 0. The molecule has 0 spiro atoms. The highest BCUT2D eigenvalue weighted by molar-refractivity contribution is 5.88. The summed E-state index contributed by atoms with van der Waals surface area (Å²) in [6, 6.07) is 6.13. The van der Waals surface area contributed by atoms with Gasteiger partial charge in [0.05, 0.1) is 18.9 Å². The van der Waals surface area contributed by atoms with Gasteiger partial charge < -0.3 is 14.6 Å². The summed E-state index contributed by atoms with van der Waals surface area (Å²) in [7, 11) is 1.45. The molecule has 21 heavy (non-hydrogen) atoms. The van der Waals surface area contributed by atoms with Gasteiger partial charge in [0.2, 0.25) is 5.88 Å². The van der Waals surface area contributed by atoms with Gasteiger partial charge in [0.1, 0.15) is 5.52 Å². The highest BCUT2D eigenvalue weighted by Gasteiger charge is 2.13. The van der Waals surface area contributed by atoms with Gasteiger partial charge in [0, 0.05) is 12.4 Å². The van der Waals surface area contributed by atoms with Crippen LogP contribution in [0.1, 0.15) is 10.4 Å². The number of benzene rings is 1. The molecule has 0 fully saturated rings. The van der Waals surface area contributed by atoms with Gasteiger partial charge in [-0.25, -0.2) is 14.3 Å². The Morgan fingerprint density at radius 2 is 2.10 bits per heavy atom. The van der Waals surface area contributed by atoms with Gasteiger partial charge >= 0.3 is 5.97 Å². The minimum Gasteiger partial charge on any atom is -0.493 e. The fourth-order valence-corrected chi connectivity index (χ4v) is 1.90. The van der Waals surface area contributed by atoms with E-state index in [4.69, 9.17) is 14.6 Å². The Bertz CT molecular complexity index is 813. The van der Waals surface area contributed by atoms with Crippen LogP contribution in [0.4, 0.5) is 0 Å². The number of ether oxygens (including phenoxy) is 2. The van der Waals surface area contributed by atoms with Crippen LogP contribution >= 0.6 is 0 Å². The van der Waals surface area contributed by atoms with Crippen molar-refractivity contribution in [3.05, 3.63) is 48.4 Å². The molecule has 7 nitrogen and oxygen atoms in total. The van der Waals surface area contributed by atoms with Crippen LogP contribution in [0.5, 0.6) is 17.4 Å². The van der Waals surface area contributed by atoms with Gasteiger partial charge in [0.25, 0.3) is 0 Å². The molecule has 7 heteroatoms. The molecule has 3 rings (SSSR count). The molecule has 0 saturated heterocycles. The van der Waals surface area contributed by atoms with Crippen molar-refractivity contribution in [2.75, 3.05) is 7.11 Å². The third-order valence-corrected chi connectivity index (χ3v) is 2.91. The number of nitrogens with zero attached hydrogens (tertiary/aromatic N) is 3. The summed E-state index contributed by atoms with van der Waals surface area (Å²) in [6.07, 6.45) is 4.90. The van der Waals surface area contributed by atoms with Gasteiger partial charge in [0.15, 0.2) is 11.5 Å². The highest BCUT2D eigenvalue weighted by atomic mass is 16.5. The summed E-state index contributed by atoms with van der Waals surface area (Å²) in [5.74, 6) is 0.0229. The van der Waals surface area contributed by atoms with E-state index in [-0.39, 0.29) is 5.56 Å². The predicted molar refractivity (Wildman–Crippen MR) is 73.0 cm³/mol. The number of carbonyl (C=O) groups is 1. The standard InChI is InChI=1S/C14H11N3O4/c1-20-12-8-9(14(18)19)2-3-11(12)21-13-10-4-5-16-17(10)7-6-15-13/h2-8H,1H3,(H,18,19). The van der Waals surface area contributed by atoms with Crippen molar-refractivity contribution in [3.8, 4) is 17.4 Å². The molecule has 0 aliphatic carbocycles. The van der Waals surface area contributed by atoms with E-state index in [0.29, 0.717) is 22.9 Å². The Balaban J connectivity index is 2.01. The average molecular weight is 285 g/mol. The first-order valence-electron chi connectivity index (χ1n) is 6.06. The number of hydrogen-bond donors (Lipinski definition) is 1. The molecule has 0 radical (unpaired) electrons. The lowest BCUT2D eigenvalue weighted by Gasteiger charge is -2.10. The molecule has 0 atom stereocenters. The number of rotatable bonds is 4. The van der Waals surface area contributed by atoms with Gasteiger partial charge in [-0.1, -0.05) is 0 Å². The number of carboxylic acid groups (broad SMARTS) is 1. The maximum Gasteiger partial charge on any atom is 0.335 e. The molecule has 0 unspecified atom stereocenters. The molecule has 1 aromatic carbocycles. The zero-order chi connectivity index (χ0) is 14.8. The summed E-state index contributed by atoms with van der Waals surface area (Å²) in [5.41, 5.74) is 0.816. The quantitative estimate of drug-likeness (QED) is 0.791. The third kappa shape index (κ3) is 2.36. The molecule has 0 saturated carbocycles. The van der Waals surface area contributed by atoms with Crippen LogP contribution in [0.25, 0.3) is 5.52 Å². The van der Waals surface area contributed by atoms with Crippen LogP contribution in [0.3, 0.4) is 0 Å². The second-order valence-electron chi connectivity index (χ2n) is 4.17. The SMILES string of the molecule is COc1cc(C(=O)O)ccc1Oc1nccn2nccc12. The summed E-state index contributed by atoms with van der Waals surface area (Å²) in [4.78, 5) is 15.1. The second kappa shape index (κ2) is 5.12. The zero-order valence-corrected chi connectivity index (χ0v) is 11.1. The van der Waals surface area contributed by atoms with E-state index in [1.165, 1.54) is 25.3 Å². The van der Waals surface area contributed by atoms with E-state index >= 15 is 0 Å². The molecule has 0 bridgehead atoms. The summed E-state index contributed by atoms with van der Waals surface area (Å²) < 4.78 is 12.5. The van der Waals surface area contributed by atoms with E-state index in [0.717, 1.165) is 0 Å². The van der Waals surface area contributed by atoms with Crippen molar-refractivity contribution >= 4 is 11.5 Å². The van der Waals surface area contributed by atoms with Crippen LogP contribution in [0, 0.1) is 0 Å². The number of carboxylic acids is 1. The molecule has 2 heterocycles. The number of fused-ring (bicyclic) bond motifs is 1. The van der Waals surface area contributed by atoms with Crippen LogP contribution in [-0.4, -0.2) is 32.8 Å². The molecule has 0 amide bonds. The second-order valence-corrected chi connectivity index (χ2v) is 4.17. The van der Waals surface area contributed by atoms with E-state index in [2.05, 4.69) is 10.1 Å². The average Bonchev–Trinajstić information content (AvgIpc) is 2.97. The fourth-order valence-electron chi connectivity index (χ4n) is 1.90. The van der Waals surface area contributed by atoms with Gasteiger partial charge in [-0.3, -0.25) is 0 Å². The lowest BCUT2D eigenvalue weighted by atomic mass is 10.2. The van der Waals surface area contributed by atoms with Crippen LogP contribution in [-0.2, 0) is 0 Å². The first kappa shape index (κ1) is 12.9. The predicted octanol–water partition coefficient (Wildman–Crippen LogP) is 2.23. The Labute approximate surface area is 119 Å². The first-order valence-corrected chi connectivity index (χ1v) is 6.06. The van der Waals surface area contributed by atoms with Crippen LogP contribution < -0.4 is 9.47 Å². The van der Waals surface area contributed by atoms with Crippen molar-refractivity contribution in [1.82, 2.24) is 14.6 Å². The van der Waals surface area contributed by atoms with Crippen molar-refractivity contribution in [2.24, 2.45) is 0 Å². The van der Waals surface area contributed by atoms with Crippen LogP contribution in [0.2, 0.25) is 0 Å². The van der Waals surface area contributed by atoms with Gasteiger partial charge in [-0.2, -0.15) is 5.10 Å². The molecular formula is C14H11N3O4. The largest absolute Gasteiger partial charge is 0.493 e. The molecule has 0 aliphatic rings. The lowest BCUT2D eigenvalue weighted by molar-refractivity contribution is 0.0696. The molecule has 2 aromatic heterocycles. The fraction of sp³-hybridized carbons (Fsp3) is 0.0714. The summed E-state index contributed by atoms with van der Waals surface area (Å²) >= 11 is 0.